The van der Waals surface area contributed by atoms with Gasteiger partial charge in [-0.25, -0.2) is 0 Å². The van der Waals surface area contributed by atoms with E-state index in [2.05, 4.69) is 6.58 Å². The van der Waals surface area contributed by atoms with Gasteiger partial charge >= 0.3 is 0 Å². The molecule has 6 atom stereocenters. The van der Waals surface area contributed by atoms with Gasteiger partial charge in [0.25, 0.3) is 5.91 Å². The molecule has 0 fully saturated rings. The highest BCUT2D eigenvalue weighted by Crippen LogP contribution is 2.56. The molecule has 2 aromatic carbocycles. The quantitative estimate of drug-likeness (QED) is 0.312. The Morgan fingerprint density at radius 3 is 2.25 bits per heavy atom. The average Bonchev–Trinajstić information content (AvgIpc) is 2.90. The summed E-state index contributed by atoms with van der Waals surface area (Å²) in [5.41, 5.74) is 3.10. The third-order valence-corrected chi connectivity index (χ3v) is 8.59. The first-order valence-corrected chi connectivity index (χ1v) is 12.7. The van der Waals surface area contributed by atoms with E-state index in [1.54, 1.807) is 49.4 Å². The van der Waals surface area contributed by atoms with Gasteiger partial charge in [-0.3, -0.25) is 19.3 Å². The van der Waals surface area contributed by atoms with Crippen molar-refractivity contribution >= 4 is 23.5 Å². The fourth-order valence-electron chi connectivity index (χ4n) is 6.65. The van der Waals surface area contributed by atoms with E-state index in [9.17, 15) is 39.9 Å². The lowest BCUT2D eigenvalue weighted by atomic mass is 9.55. The van der Waals surface area contributed by atoms with Gasteiger partial charge in [0.2, 0.25) is 5.78 Å². The molecular weight excluding hydrogens is 516 g/mol. The molecule has 0 bridgehead atoms. The summed E-state index contributed by atoms with van der Waals surface area (Å²) in [6, 6.07) is 9.09. The number of aliphatic hydroxyl groups excluding tert-OH is 3. The Hall–Kier alpha value is -4.25. The molecule has 0 aliphatic heterocycles. The molecule has 10 nitrogen and oxygen atoms in total. The lowest BCUT2D eigenvalue weighted by molar-refractivity contribution is -0.162. The summed E-state index contributed by atoms with van der Waals surface area (Å²) in [7, 11) is 2.98. The molecule has 10 heteroatoms. The van der Waals surface area contributed by atoms with Gasteiger partial charge in [-0.15, -0.1) is 0 Å². The van der Waals surface area contributed by atoms with E-state index in [0.29, 0.717) is 16.7 Å². The number of likely N-dealkylation sites (N-methyl/N-ethyl adjacent to an activating group) is 1. The largest absolute Gasteiger partial charge is 0.510 e. The van der Waals surface area contributed by atoms with Gasteiger partial charge < -0.3 is 31.3 Å². The van der Waals surface area contributed by atoms with Crippen LogP contribution in [-0.4, -0.2) is 79.7 Å². The minimum atomic E-state index is -2.95. The number of aromatic hydroxyl groups is 1. The smallest absolute Gasteiger partial charge is 0.255 e. The van der Waals surface area contributed by atoms with Crippen LogP contribution in [0.4, 0.5) is 0 Å². The molecule has 0 heterocycles. The molecule has 0 spiro atoms. The van der Waals surface area contributed by atoms with Gasteiger partial charge in [-0.05, 0) is 36.7 Å². The number of phenolic OH excluding ortho intramolecular Hbond substituents is 1. The number of benzene rings is 2. The first-order valence-electron chi connectivity index (χ1n) is 12.7. The Labute approximate surface area is 230 Å². The number of fused-ring (bicyclic) bond motifs is 3. The Morgan fingerprint density at radius 2 is 1.70 bits per heavy atom. The molecule has 3 aliphatic rings. The minimum Gasteiger partial charge on any atom is -0.510 e. The van der Waals surface area contributed by atoms with Crippen LogP contribution in [0.1, 0.15) is 34.3 Å². The zero-order chi connectivity index (χ0) is 29.4. The van der Waals surface area contributed by atoms with Crippen molar-refractivity contribution in [2.45, 2.75) is 30.6 Å². The van der Waals surface area contributed by atoms with E-state index in [4.69, 9.17) is 5.73 Å². The van der Waals surface area contributed by atoms with Crippen molar-refractivity contribution < 1.29 is 39.9 Å². The normalized spacial score (nSPS) is 29.7. The fourth-order valence-corrected chi connectivity index (χ4v) is 6.65. The van der Waals surface area contributed by atoms with Gasteiger partial charge in [0.15, 0.2) is 11.4 Å². The number of rotatable bonds is 4. The number of ketones is 2. The lowest BCUT2D eigenvalue weighted by Crippen LogP contribution is -2.68. The number of amides is 1. The zero-order valence-corrected chi connectivity index (χ0v) is 22.1. The summed E-state index contributed by atoms with van der Waals surface area (Å²) in [4.78, 5) is 41.0. The average molecular weight is 547 g/mol. The van der Waals surface area contributed by atoms with Crippen molar-refractivity contribution in [2.75, 3.05) is 14.1 Å². The number of nitrogens with zero attached hydrogens (tertiary/aromatic N) is 1. The summed E-state index contributed by atoms with van der Waals surface area (Å²) in [5, 5.41) is 57.1. The molecule has 0 aromatic heterocycles. The van der Waals surface area contributed by atoms with Crippen molar-refractivity contribution in [1.29, 1.82) is 0 Å². The van der Waals surface area contributed by atoms with Crippen molar-refractivity contribution in [2.24, 2.45) is 17.6 Å². The first-order chi connectivity index (χ1) is 18.8. The number of primary amides is 1. The van der Waals surface area contributed by atoms with Crippen LogP contribution in [0.25, 0.3) is 17.2 Å². The van der Waals surface area contributed by atoms with Crippen LogP contribution in [0, 0.1) is 11.8 Å². The molecule has 40 heavy (non-hydrogen) atoms. The highest BCUT2D eigenvalue weighted by atomic mass is 16.4. The number of Topliss-reactive ketones (excluding diaryl/α,β-unsaturated/α-hetero) is 2. The highest BCUT2D eigenvalue weighted by Gasteiger charge is 2.67. The molecule has 1 amide bonds. The molecule has 0 unspecified atom stereocenters. The second kappa shape index (κ2) is 9.16. The van der Waals surface area contributed by atoms with Crippen LogP contribution in [0.15, 0.2) is 65.6 Å². The summed E-state index contributed by atoms with van der Waals surface area (Å²) in [5.74, 6) is -9.12. The standard InChI is InChI=1S/C30H30N2O8/c1-5-13-6-8-14(9-7-13)16-11-10-15-12(2)17-19(24(34)18(15)23(16)33)27(37)30(40)21(25(17)35)22(32(3)4)26(36)20(28(30)38)29(31)39/h5-12,17,21-22,25,33,35-37,40H,1H2,2-4H3,(H2,31,39)/t12-,17-,21+,22+,25-,30+/m1/s1. The van der Waals surface area contributed by atoms with Crippen LogP contribution >= 0.6 is 0 Å². The van der Waals surface area contributed by atoms with E-state index in [1.165, 1.54) is 19.0 Å². The Bertz CT molecular complexity index is 1550. The van der Waals surface area contributed by atoms with Crippen LogP contribution < -0.4 is 5.73 Å². The van der Waals surface area contributed by atoms with Gasteiger partial charge in [-0.2, -0.15) is 0 Å². The molecule has 0 saturated carbocycles. The number of aliphatic hydroxyl groups is 4. The Kier molecular flexibility index (Phi) is 6.25. The topological polar surface area (TPSA) is 182 Å². The third kappa shape index (κ3) is 3.43. The van der Waals surface area contributed by atoms with Crippen LogP contribution in [0.5, 0.6) is 5.75 Å². The second-order valence-electron chi connectivity index (χ2n) is 10.8. The predicted octanol–water partition coefficient (Wildman–Crippen LogP) is 1.96. The molecule has 208 valence electrons. The fraction of sp³-hybridized carbons (Fsp3) is 0.300. The summed E-state index contributed by atoms with van der Waals surface area (Å²) < 4.78 is 0. The van der Waals surface area contributed by atoms with E-state index < -0.39 is 75.6 Å². The van der Waals surface area contributed by atoms with Crippen molar-refractivity contribution in [3.05, 3.63) is 82.3 Å². The third-order valence-electron chi connectivity index (χ3n) is 8.59. The van der Waals surface area contributed by atoms with Crippen LogP contribution in [-0.2, 0) is 9.59 Å². The van der Waals surface area contributed by atoms with Gasteiger partial charge in [0.05, 0.1) is 23.6 Å². The maximum absolute atomic E-state index is 14.0. The summed E-state index contributed by atoms with van der Waals surface area (Å²) in [6.45, 7) is 5.41. The molecule has 0 radical (unpaired) electrons. The second-order valence-corrected chi connectivity index (χ2v) is 10.8. The molecule has 3 aliphatic carbocycles. The Morgan fingerprint density at radius 1 is 1.07 bits per heavy atom. The zero-order valence-electron chi connectivity index (χ0n) is 22.1. The molecule has 7 N–H and O–H groups in total. The number of hydrogen-bond donors (Lipinski definition) is 6. The van der Waals surface area contributed by atoms with Gasteiger partial charge in [-0.1, -0.05) is 56.0 Å². The predicted molar refractivity (Wildman–Crippen MR) is 145 cm³/mol. The highest BCUT2D eigenvalue weighted by molar-refractivity contribution is 6.25. The van der Waals surface area contributed by atoms with Gasteiger partial charge in [0.1, 0.15) is 22.8 Å². The maximum atomic E-state index is 14.0. The monoisotopic (exact) mass is 546 g/mol. The number of hydrogen-bond acceptors (Lipinski definition) is 9. The van der Waals surface area contributed by atoms with Crippen LogP contribution in [0.3, 0.4) is 0 Å². The van der Waals surface area contributed by atoms with E-state index in [1.807, 2.05) is 0 Å². The number of phenols is 1. The van der Waals surface area contributed by atoms with Gasteiger partial charge in [0, 0.05) is 17.1 Å². The minimum absolute atomic E-state index is 0.134. The molecule has 2 aromatic rings. The SMILES string of the molecule is C=Cc1ccc(-c2ccc3c(c2O)C(=O)C2=C(O)[C@]4(O)C(=O)C(C(N)=O)=C(O)[C@@H](N(C)C)[C@H]4[C@H](O)[C@@H]2[C@@H]3C)cc1. The van der Waals surface area contributed by atoms with E-state index in [0.717, 1.165) is 5.56 Å². The number of carbonyl (C=O) groups is 3. The lowest BCUT2D eigenvalue weighted by Gasteiger charge is -2.53. The van der Waals surface area contributed by atoms with E-state index in [-0.39, 0.29) is 11.3 Å². The van der Waals surface area contributed by atoms with Crippen LogP contribution in [0.2, 0.25) is 0 Å². The molecular formula is C30H30N2O8. The van der Waals surface area contributed by atoms with Crippen molar-refractivity contribution in [3.63, 3.8) is 0 Å². The first kappa shape index (κ1) is 27.3. The molecule has 0 saturated heterocycles. The van der Waals surface area contributed by atoms with E-state index >= 15 is 0 Å². The summed E-state index contributed by atoms with van der Waals surface area (Å²) in [6.07, 6.45) is 0.0272. The Balaban J connectivity index is 1.75. The summed E-state index contributed by atoms with van der Waals surface area (Å²) >= 11 is 0. The van der Waals surface area contributed by atoms with Crippen molar-refractivity contribution in [1.82, 2.24) is 4.90 Å². The number of carbonyl (C=O) groups excluding carboxylic acids is 3. The van der Waals surface area contributed by atoms with Crippen molar-refractivity contribution in [3.8, 4) is 16.9 Å². The molecule has 5 rings (SSSR count). The maximum Gasteiger partial charge on any atom is 0.255 e. The number of nitrogens with two attached hydrogens (primary N) is 1.